The molecule has 0 saturated carbocycles. The van der Waals surface area contributed by atoms with E-state index in [2.05, 4.69) is 33.1 Å². The number of benzene rings is 1. The van der Waals surface area contributed by atoms with Gasteiger partial charge in [-0.05, 0) is 36.1 Å². The van der Waals surface area contributed by atoms with E-state index in [1.54, 1.807) is 11.8 Å². The molecule has 0 radical (unpaired) electrons. The second-order valence-corrected chi connectivity index (χ2v) is 6.21. The van der Waals surface area contributed by atoms with Gasteiger partial charge in [0.25, 0.3) is 0 Å². The van der Waals surface area contributed by atoms with Crippen LogP contribution >= 0.6 is 11.8 Å². The van der Waals surface area contributed by atoms with E-state index in [0.29, 0.717) is 0 Å². The highest BCUT2D eigenvalue weighted by Gasteiger charge is 2.16. The molecule has 16 heavy (non-hydrogen) atoms. The Balaban J connectivity index is 2.69. The predicted octanol–water partition coefficient (Wildman–Crippen LogP) is 4.27. The monoisotopic (exact) mass is 238 g/mol. The van der Waals surface area contributed by atoms with Gasteiger partial charge in [-0.15, -0.1) is 11.8 Å². The molecule has 1 aromatic carbocycles. The van der Waals surface area contributed by atoms with Crippen LogP contribution in [0.3, 0.4) is 0 Å². The standard InChI is InChI=1S/C14H22OS/c1-14(2,3)10-9-12(15)11-7-5-6-8-13(11)16-4/h5-8,12,15H,9-10H2,1-4H3. The van der Waals surface area contributed by atoms with Crippen LogP contribution in [-0.2, 0) is 0 Å². The first-order valence-corrected chi connectivity index (χ1v) is 6.97. The minimum atomic E-state index is -0.331. The van der Waals surface area contributed by atoms with Crippen molar-refractivity contribution in [2.45, 2.75) is 44.6 Å². The zero-order valence-electron chi connectivity index (χ0n) is 10.7. The Bertz CT molecular complexity index is 328. The van der Waals surface area contributed by atoms with E-state index in [0.717, 1.165) is 18.4 Å². The first-order valence-electron chi connectivity index (χ1n) is 5.75. The van der Waals surface area contributed by atoms with E-state index in [4.69, 9.17) is 0 Å². The van der Waals surface area contributed by atoms with E-state index in [1.807, 2.05) is 18.2 Å². The van der Waals surface area contributed by atoms with Gasteiger partial charge in [0.2, 0.25) is 0 Å². The van der Waals surface area contributed by atoms with Crippen LogP contribution in [0.2, 0.25) is 0 Å². The van der Waals surface area contributed by atoms with Crippen LogP contribution in [0.5, 0.6) is 0 Å². The third-order valence-electron chi connectivity index (χ3n) is 2.67. The topological polar surface area (TPSA) is 20.2 Å². The lowest BCUT2D eigenvalue weighted by Gasteiger charge is -2.21. The molecule has 0 heterocycles. The largest absolute Gasteiger partial charge is 0.388 e. The molecule has 1 aromatic rings. The maximum atomic E-state index is 10.2. The molecule has 0 fully saturated rings. The minimum Gasteiger partial charge on any atom is -0.388 e. The summed E-state index contributed by atoms with van der Waals surface area (Å²) >= 11 is 1.70. The Morgan fingerprint density at radius 3 is 2.44 bits per heavy atom. The number of rotatable bonds is 4. The summed E-state index contributed by atoms with van der Waals surface area (Å²) in [5.74, 6) is 0. The van der Waals surface area contributed by atoms with Crippen LogP contribution in [-0.4, -0.2) is 11.4 Å². The zero-order valence-corrected chi connectivity index (χ0v) is 11.5. The lowest BCUT2D eigenvalue weighted by atomic mass is 9.88. The van der Waals surface area contributed by atoms with Gasteiger partial charge >= 0.3 is 0 Å². The Morgan fingerprint density at radius 2 is 1.88 bits per heavy atom. The van der Waals surface area contributed by atoms with Gasteiger partial charge in [-0.2, -0.15) is 0 Å². The molecule has 1 unspecified atom stereocenters. The third-order valence-corrected chi connectivity index (χ3v) is 3.48. The highest BCUT2D eigenvalue weighted by molar-refractivity contribution is 7.98. The van der Waals surface area contributed by atoms with Crippen LogP contribution in [0.15, 0.2) is 29.2 Å². The van der Waals surface area contributed by atoms with E-state index in [-0.39, 0.29) is 11.5 Å². The fourth-order valence-electron chi connectivity index (χ4n) is 1.67. The maximum absolute atomic E-state index is 10.2. The lowest BCUT2D eigenvalue weighted by molar-refractivity contribution is 0.145. The molecule has 0 bridgehead atoms. The average molecular weight is 238 g/mol. The van der Waals surface area contributed by atoms with E-state index >= 15 is 0 Å². The summed E-state index contributed by atoms with van der Waals surface area (Å²) in [4.78, 5) is 1.18. The van der Waals surface area contributed by atoms with Gasteiger partial charge in [0, 0.05) is 4.90 Å². The highest BCUT2D eigenvalue weighted by Crippen LogP contribution is 2.31. The van der Waals surface area contributed by atoms with Crippen molar-refractivity contribution >= 4 is 11.8 Å². The molecular formula is C14H22OS. The number of hydrogen-bond acceptors (Lipinski definition) is 2. The van der Waals surface area contributed by atoms with Crippen molar-refractivity contribution in [1.82, 2.24) is 0 Å². The van der Waals surface area contributed by atoms with Crippen molar-refractivity contribution in [3.63, 3.8) is 0 Å². The summed E-state index contributed by atoms with van der Waals surface area (Å²) in [5, 5.41) is 10.2. The SMILES string of the molecule is CSc1ccccc1C(O)CCC(C)(C)C. The fourth-order valence-corrected chi connectivity index (χ4v) is 2.32. The molecule has 0 aliphatic rings. The van der Waals surface area contributed by atoms with Gasteiger partial charge in [-0.3, -0.25) is 0 Å². The molecule has 1 atom stereocenters. The van der Waals surface area contributed by atoms with Crippen LogP contribution < -0.4 is 0 Å². The van der Waals surface area contributed by atoms with Crippen molar-refractivity contribution in [2.24, 2.45) is 5.41 Å². The number of aliphatic hydroxyl groups is 1. The molecule has 1 rings (SSSR count). The second-order valence-electron chi connectivity index (χ2n) is 5.36. The highest BCUT2D eigenvalue weighted by atomic mass is 32.2. The smallest absolute Gasteiger partial charge is 0.0801 e. The van der Waals surface area contributed by atoms with Gasteiger partial charge in [0.05, 0.1) is 6.10 Å². The molecular weight excluding hydrogens is 216 g/mol. The van der Waals surface area contributed by atoms with Gasteiger partial charge in [-0.1, -0.05) is 39.0 Å². The molecule has 0 saturated heterocycles. The Morgan fingerprint density at radius 1 is 1.25 bits per heavy atom. The predicted molar refractivity (Wildman–Crippen MR) is 71.9 cm³/mol. The third kappa shape index (κ3) is 4.18. The van der Waals surface area contributed by atoms with E-state index in [9.17, 15) is 5.11 Å². The normalized spacial score (nSPS) is 13.8. The van der Waals surface area contributed by atoms with Crippen molar-refractivity contribution in [2.75, 3.05) is 6.26 Å². The van der Waals surface area contributed by atoms with Crippen LogP contribution in [0.4, 0.5) is 0 Å². The molecule has 1 nitrogen and oxygen atoms in total. The summed E-state index contributed by atoms with van der Waals surface area (Å²) in [7, 11) is 0. The fraction of sp³-hybridized carbons (Fsp3) is 0.571. The molecule has 2 heteroatoms. The molecule has 0 spiro atoms. The van der Waals surface area contributed by atoms with Gasteiger partial charge in [0.15, 0.2) is 0 Å². The summed E-state index contributed by atoms with van der Waals surface area (Å²) < 4.78 is 0. The van der Waals surface area contributed by atoms with Crippen molar-refractivity contribution in [1.29, 1.82) is 0 Å². The van der Waals surface area contributed by atoms with Crippen molar-refractivity contribution in [3.8, 4) is 0 Å². The number of hydrogen-bond donors (Lipinski definition) is 1. The first kappa shape index (κ1) is 13.6. The maximum Gasteiger partial charge on any atom is 0.0801 e. The number of aliphatic hydroxyl groups excluding tert-OH is 1. The van der Waals surface area contributed by atoms with Gasteiger partial charge in [0.1, 0.15) is 0 Å². The van der Waals surface area contributed by atoms with Crippen molar-refractivity contribution < 1.29 is 5.11 Å². The molecule has 0 aliphatic heterocycles. The van der Waals surface area contributed by atoms with E-state index < -0.39 is 0 Å². The average Bonchev–Trinajstić information content (AvgIpc) is 2.25. The first-order chi connectivity index (χ1) is 7.44. The quantitative estimate of drug-likeness (QED) is 0.791. The Hall–Kier alpha value is -0.470. The Kier molecular flexibility index (Phi) is 4.88. The lowest BCUT2D eigenvalue weighted by Crippen LogP contribution is -2.08. The Labute approximate surface area is 103 Å². The molecule has 0 amide bonds. The number of thioether (sulfide) groups is 1. The molecule has 90 valence electrons. The van der Waals surface area contributed by atoms with Gasteiger partial charge in [-0.25, -0.2) is 0 Å². The summed E-state index contributed by atoms with van der Waals surface area (Å²) in [6, 6.07) is 8.11. The molecule has 0 aliphatic carbocycles. The minimum absolute atomic E-state index is 0.287. The summed E-state index contributed by atoms with van der Waals surface area (Å²) in [6.07, 6.45) is 3.59. The molecule has 0 aromatic heterocycles. The summed E-state index contributed by atoms with van der Waals surface area (Å²) in [6.45, 7) is 6.63. The van der Waals surface area contributed by atoms with Crippen LogP contribution in [0, 0.1) is 5.41 Å². The zero-order chi connectivity index (χ0) is 12.2. The van der Waals surface area contributed by atoms with Crippen LogP contribution in [0.25, 0.3) is 0 Å². The molecule has 1 N–H and O–H groups in total. The van der Waals surface area contributed by atoms with Crippen LogP contribution in [0.1, 0.15) is 45.3 Å². The second kappa shape index (κ2) is 5.74. The summed E-state index contributed by atoms with van der Waals surface area (Å²) in [5.41, 5.74) is 1.36. The van der Waals surface area contributed by atoms with E-state index in [1.165, 1.54) is 4.90 Å². The van der Waals surface area contributed by atoms with Crippen molar-refractivity contribution in [3.05, 3.63) is 29.8 Å². The van der Waals surface area contributed by atoms with Gasteiger partial charge < -0.3 is 5.11 Å².